The molecule has 6 nitrogen and oxygen atoms in total. The Kier molecular flexibility index (Phi) is 6.93. The van der Waals surface area contributed by atoms with Crippen LogP contribution < -0.4 is 19.7 Å². The number of halogens is 2. The molecule has 2 aromatic rings. The standard InChI is InChI=1S/C20H18F2N2O4/c1-4-13-7-5-8-14(11-13)24(12-17(25)23-2)19(26)15-9-6-10-16(27-3)18(15)28-20(21)22/h1,5-11,20H,12H2,2-3H3,(H,23,25). The Morgan fingerprint density at radius 1 is 1.25 bits per heavy atom. The predicted molar refractivity (Wildman–Crippen MR) is 99.7 cm³/mol. The number of rotatable bonds is 7. The fraction of sp³-hybridized carbons (Fsp3) is 0.200. The van der Waals surface area contributed by atoms with Gasteiger partial charge in [0.1, 0.15) is 6.54 Å². The molecule has 0 bridgehead atoms. The average molecular weight is 388 g/mol. The maximum atomic E-state index is 13.2. The molecule has 8 heteroatoms. The molecule has 0 aliphatic heterocycles. The lowest BCUT2D eigenvalue weighted by molar-refractivity contribution is -0.119. The number of hydrogen-bond acceptors (Lipinski definition) is 4. The Bertz CT molecular complexity index is 909. The monoisotopic (exact) mass is 388 g/mol. The Morgan fingerprint density at radius 2 is 1.96 bits per heavy atom. The molecule has 1 N–H and O–H groups in total. The van der Waals surface area contributed by atoms with Crippen molar-refractivity contribution in [1.82, 2.24) is 5.32 Å². The number of carbonyl (C=O) groups is 2. The molecule has 146 valence electrons. The normalized spacial score (nSPS) is 10.1. The highest BCUT2D eigenvalue weighted by Crippen LogP contribution is 2.34. The number of terminal acetylenes is 1. The van der Waals surface area contributed by atoms with E-state index in [4.69, 9.17) is 11.2 Å². The second-order valence-electron chi connectivity index (χ2n) is 5.47. The van der Waals surface area contributed by atoms with Crippen molar-refractivity contribution in [2.24, 2.45) is 0 Å². The lowest BCUT2D eigenvalue weighted by Gasteiger charge is -2.24. The van der Waals surface area contributed by atoms with E-state index in [2.05, 4.69) is 16.0 Å². The first-order valence-corrected chi connectivity index (χ1v) is 8.12. The van der Waals surface area contributed by atoms with Gasteiger partial charge in [-0.15, -0.1) is 6.42 Å². The summed E-state index contributed by atoms with van der Waals surface area (Å²) >= 11 is 0. The fourth-order valence-corrected chi connectivity index (χ4v) is 2.47. The molecule has 28 heavy (non-hydrogen) atoms. The molecular weight excluding hydrogens is 370 g/mol. The molecule has 0 atom stereocenters. The van der Waals surface area contributed by atoms with Crippen LogP contribution in [0.3, 0.4) is 0 Å². The van der Waals surface area contributed by atoms with Crippen LogP contribution in [-0.2, 0) is 4.79 Å². The Balaban J connectivity index is 2.56. The Labute approximate surface area is 161 Å². The number of ether oxygens (including phenoxy) is 2. The predicted octanol–water partition coefficient (Wildman–Crippen LogP) is 2.67. The van der Waals surface area contributed by atoms with E-state index in [0.29, 0.717) is 11.3 Å². The lowest BCUT2D eigenvalue weighted by atomic mass is 10.1. The van der Waals surface area contributed by atoms with Crippen LogP contribution in [0, 0.1) is 12.3 Å². The first-order chi connectivity index (χ1) is 13.4. The molecule has 0 unspecified atom stereocenters. The summed E-state index contributed by atoms with van der Waals surface area (Å²) in [6.45, 7) is -3.52. The highest BCUT2D eigenvalue weighted by molar-refractivity contribution is 6.10. The van der Waals surface area contributed by atoms with Crippen molar-refractivity contribution < 1.29 is 27.8 Å². The number of likely N-dealkylation sites (N-methyl/N-ethyl adjacent to an activating group) is 1. The van der Waals surface area contributed by atoms with Gasteiger partial charge < -0.3 is 14.8 Å². The zero-order chi connectivity index (χ0) is 20.7. The van der Waals surface area contributed by atoms with E-state index in [0.717, 1.165) is 4.90 Å². The van der Waals surface area contributed by atoms with E-state index in [1.807, 2.05) is 0 Å². The molecular formula is C20H18F2N2O4. The van der Waals surface area contributed by atoms with Crippen LogP contribution >= 0.6 is 0 Å². The number of alkyl halides is 2. The SMILES string of the molecule is C#Cc1cccc(N(CC(=O)NC)C(=O)c2cccc(OC)c2OC(F)F)c1. The third-order valence-corrected chi connectivity index (χ3v) is 3.79. The molecule has 0 heterocycles. The number of para-hydroxylation sites is 1. The summed E-state index contributed by atoms with van der Waals surface area (Å²) in [5.74, 6) is 0.798. The number of hydrogen-bond donors (Lipinski definition) is 1. The summed E-state index contributed by atoms with van der Waals surface area (Å²) < 4.78 is 35.3. The highest BCUT2D eigenvalue weighted by atomic mass is 19.3. The zero-order valence-electron chi connectivity index (χ0n) is 15.2. The maximum Gasteiger partial charge on any atom is 0.387 e. The van der Waals surface area contributed by atoms with Gasteiger partial charge in [-0.05, 0) is 30.3 Å². The fourth-order valence-electron chi connectivity index (χ4n) is 2.47. The van der Waals surface area contributed by atoms with E-state index in [1.165, 1.54) is 38.4 Å². The van der Waals surface area contributed by atoms with E-state index >= 15 is 0 Å². The van der Waals surface area contributed by atoms with E-state index < -0.39 is 24.2 Å². The molecule has 0 fully saturated rings. The summed E-state index contributed by atoms with van der Waals surface area (Å²) in [6.07, 6.45) is 5.40. The van der Waals surface area contributed by atoms with Crippen LogP contribution in [0.2, 0.25) is 0 Å². The van der Waals surface area contributed by atoms with E-state index in [9.17, 15) is 18.4 Å². The molecule has 2 rings (SSSR count). The minimum Gasteiger partial charge on any atom is -0.493 e. The zero-order valence-corrected chi connectivity index (χ0v) is 15.2. The van der Waals surface area contributed by atoms with Gasteiger partial charge in [0, 0.05) is 18.3 Å². The molecule has 0 aromatic heterocycles. The van der Waals surface area contributed by atoms with Gasteiger partial charge in [-0.1, -0.05) is 18.1 Å². The third kappa shape index (κ3) is 4.76. The molecule has 0 spiro atoms. The van der Waals surface area contributed by atoms with Crippen LogP contribution in [0.5, 0.6) is 11.5 Å². The number of benzene rings is 2. The lowest BCUT2D eigenvalue weighted by Crippen LogP contribution is -2.40. The first-order valence-electron chi connectivity index (χ1n) is 8.12. The molecule has 0 radical (unpaired) electrons. The van der Waals surface area contributed by atoms with Gasteiger partial charge in [-0.3, -0.25) is 14.5 Å². The van der Waals surface area contributed by atoms with Gasteiger partial charge in [0.25, 0.3) is 5.91 Å². The summed E-state index contributed by atoms with van der Waals surface area (Å²) in [6, 6.07) is 10.5. The molecule has 0 saturated heterocycles. The average Bonchev–Trinajstić information content (AvgIpc) is 2.71. The molecule has 2 amide bonds. The molecule has 0 saturated carbocycles. The van der Waals surface area contributed by atoms with Crippen LogP contribution in [0.25, 0.3) is 0 Å². The van der Waals surface area contributed by atoms with Crippen molar-refractivity contribution in [3.63, 3.8) is 0 Å². The van der Waals surface area contributed by atoms with Crippen LogP contribution in [-0.4, -0.2) is 39.1 Å². The van der Waals surface area contributed by atoms with Crippen molar-refractivity contribution >= 4 is 17.5 Å². The van der Waals surface area contributed by atoms with Gasteiger partial charge in [0.15, 0.2) is 11.5 Å². The van der Waals surface area contributed by atoms with Gasteiger partial charge >= 0.3 is 6.61 Å². The Hall–Kier alpha value is -3.60. The van der Waals surface area contributed by atoms with Gasteiger partial charge in [0.05, 0.1) is 12.7 Å². The smallest absolute Gasteiger partial charge is 0.387 e. The van der Waals surface area contributed by atoms with Gasteiger partial charge in [0.2, 0.25) is 5.91 Å². The minimum absolute atomic E-state index is 0.0385. The molecule has 0 aliphatic rings. The van der Waals surface area contributed by atoms with Crippen molar-refractivity contribution in [1.29, 1.82) is 0 Å². The second kappa shape index (κ2) is 9.37. The third-order valence-electron chi connectivity index (χ3n) is 3.79. The summed E-state index contributed by atoms with van der Waals surface area (Å²) in [7, 11) is 2.68. The quantitative estimate of drug-likeness (QED) is 0.741. The van der Waals surface area contributed by atoms with Crippen LogP contribution in [0.15, 0.2) is 42.5 Å². The summed E-state index contributed by atoms with van der Waals surface area (Å²) in [4.78, 5) is 26.2. The summed E-state index contributed by atoms with van der Waals surface area (Å²) in [5.41, 5.74) is 0.631. The van der Waals surface area contributed by atoms with Gasteiger partial charge in [-0.25, -0.2) is 0 Å². The topological polar surface area (TPSA) is 67.9 Å². The minimum atomic E-state index is -3.17. The van der Waals surface area contributed by atoms with Crippen LogP contribution in [0.4, 0.5) is 14.5 Å². The maximum absolute atomic E-state index is 13.2. The number of carbonyl (C=O) groups excluding carboxylic acids is 2. The number of nitrogens with one attached hydrogen (secondary N) is 1. The number of methoxy groups -OCH3 is 1. The number of amides is 2. The first kappa shape index (κ1) is 20.7. The number of anilines is 1. The van der Waals surface area contributed by atoms with Crippen molar-refractivity contribution in [3.05, 3.63) is 53.6 Å². The highest BCUT2D eigenvalue weighted by Gasteiger charge is 2.26. The Morgan fingerprint density at radius 3 is 2.57 bits per heavy atom. The van der Waals surface area contributed by atoms with E-state index in [-0.39, 0.29) is 17.9 Å². The van der Waals surface area contributed by atoms with E-state index in [1.54, 1.807) is 18.2 Å². The van der Waals surface area contributed by atoms with Crippen molar-refractivity contribution in [3.8, 4) is 23.8 Å². The largest absolute Gasteiger partial charge is 0.493 e. The molecule has 0 aliphatic carbocycles. The van der Waals surface area contributed by atoms with Crippen molar-refractivity contribution in [2.45, 2.75) is 6.61 Å². The summed E-state index contributed by atoms with van der Waals surface area (Å²) in [5, 5.41) is 2.42. The van der Waals surface area contributed by atoms with Crippen LogP contribution in [0.1, 0.15) is 15.9 Å². The molecule has 2 aromatic carbocycles. The number of nitrogens with zero attached hydrogens (tertiary/aromatic N) is 1. The second-order valence-corrected chi connectivity index (χ2v) is 5.47. The van der Waals surface area contributed by atoms with Crippen molar-refractivity contribution in [2.75, 3.05) is 25.6 Å². The van der Waals surface area contributed by atoms with Gasteiger partial charge in [-0.2, -0.15) is 8.78 Å².